The maximum atomic E-state index is 13.0. The number of carbonyl (C=O) groups is 1. The van der Waals surface area contributed by atoms with E-state index in [1.165, 1.54) is 38.5 Å². The monoisotopic (exact) mass is 757 g/mol. The van der Waals surface area contributed by atoms with Gasteiger partial charge in [0.15, 0.2) is 0 Å². The molecule has 0 radical (unpaired) electrons. The summed E-state index contributed by atoms with van der Waals surface area (Å²) in [6.07, 6.45) is 0.936. The third-order valence-electron chi connectivity index (χ3n) is 7.78. The van der Waals surface area contributed by atoms with Crippen LogP contribution in [0, 0.1) is 0 Å². The Bertz CT molecular complexity index is 2540. The maximum Gasteiger partial charge on any atom is 1.00 e. The Labute approximate surface area is 342 Å². The van der Waals surface area contributed by atoms with Crippen molar-refractivity contribution in [3.05, 3.63) is 108 Å². The summed E-state index contributed by atoms with van der Waals surface area (Å²) in [4.78, 5) is 12.0. The van der Waals surface area contributed by atoms with E-state index in [-0.39, 0.29) is 98.4 Å². The Kier molecular flexibility index (Phi) is 12.9. The first-order valence-corrected chi connectivity index (χ1v) is 17.3. The predicted molar refractivity (Wildman–Crippen MR) is 185 cm³/mol. The molecule has 0 aliphatic heterocycles. The molecule has 3 N–H and O–H groups in total. The van der Waals surface area contributed by atoms with Crippen molar-refractivity contribution in [1.29, 1.82) is 0 Å². The van der Waals surface area contributed by atoms with Gasteiger partial charge in [-0.2, -0.15) is 5.10 Å². The average Bonchev–Trinajstić information content (AvgIpc) is 3.10. The number of benzene rings is 5. The van der Waals surface area contributed by atoms with Crippen molar-refractivity contribution in [2.75, 3.05) is 25.4 Å². The first-order valence-electron chi connectivity index (χ1n) is 14.5. The summed E-state index contributed by atoms with van der Waals surface area (Å²) in [5, 5.41) is 13.0. The number of ketones is 1. The number of nitrogens with zero attached hydrogens (tertiary/aromatic N) is 3. The van der Waals surface area contributed by atoms with Gasteiger partial charge in [-0.15, -0.1) is 10.2 Å². The largest absolute Gasteiger partial charge is 1.00 e. The number of nitrogens with two attached hydrogens (primary N) is 1. The molecule has 5 aromatic carbocycles. The van der Waals surface area contributed by atoms with Crippen LogP contribution >= 0.6 is 0 Å². The van der Waals surface area contributed by atoms with E-state index < -0.39 is 35.8 Å². The molecule has 0 bridgehead atoms. The van der Waals surface area contributed by atoms with Crippen LogP contribution in [-0.2, 0) is 20.2 Å². The Morgan fingerprint density at radius 3 is 1.90 bits per heavy atom. The van der Waals surface area contributed by atoms with Gasteiger partial charge in [-0.25, -0.2) is 16.8 Å². The zero-order chi connectivity index (χ0) is 35.8. The normalized spacial score (nSPS) is 13.6. The molecule has 0 atom stereocenters. The summed E-state index contributed by atoms with van der Waals surface area (Å²) in [6, 6.07) is 23.3. The van der Waals surface area contributed by atoms with E-state index in [4.69, 9.17) is 15.2 Å². The van der Waals surface area contributed by atoms with Gasteiger partial charge in [0.2, 0.25) is 5.78 Å². The zero-order valence-electron chi connectivity index (χ0n) is 28.1. The van der Waals surface area contributed by atoms with Crippen LogP contribution in [0.15, 0.2) is 117 Å². The molecule has 0 heterocycles. The average molecular weight is 758 g/mol. The zero-order valence-corrected chi connectivity index (χ0v) is 33.8. The topological polar surface area (TPSA) is 225 Å². The summed E-state index contributed by atoms with van der Waals surface area (Å²) in [7, 11) is -6.90. The van der Waals surface area contributed by atoms with Crippen LogP contribution < -0.4 is 79.7 Å². The fourth-order valence-electron chi connectivity index (χ4n) is 5.36. The van der Waals surface area contributed by atoms with E-state index in [9.17, 15) is 30.7 Å². The van der Waals surface area contributed by atoms with E-state index in [0.717, 1.165) is 12.1 Å². The van der Waals surface area contributed by atoms with E-state index in [0.29, 0.717) is 33.7 Å². The van der Waals surface area contributed by atoms with Gasteiger partial charge in [0.1, 0.15) is 48.8 Å². The summed E-state index contributed by atoms with van der Waals surface area (Å²) in [6.45, 7) is 0. The van der Waals surface area contributed by atoms with Crippen LogP contribution in [0.4, 0.5) is 22.7 Å². The van der Waals surface area contributed by atoms with Crippen molar-refractivity contribution in [1.82, 2.24) is 0 Å². The van der Waals surface area contributed by atoms with Crippen LogP contribution in [0.25, 0.3) is 26.8 Å². The molecule has 5 aromatic rings. The SMILES string of the molecule is COc1cc(-c2ccc(NN=C3C=C(S(=O)(=O)[O-])c4ccccc4C3=O)c(OC)c2)ccc1N=Nc1cc(S(=O)(=O)[O-])c2ccccc2c1N.[Na+].[Na+]. The number of hydrogen-bond acceptors (Lipinski definition) is 14. The number of hydrogen-bond donors (Lipinski definition) is 2. The van der Waals surface area contributed by atoms with Crippen molar-refractivity contribution >= 4 is 70.2 Å². The van der Waals surface area contributed by atoms with Gasteiger partial charge in [0, 0.05) is 21.9 Å². The smallest absolute Gasteiger partial charge is 0.744 e. The molecule has 18 heteroatoms. The van der Waals surface area contributed by atoms with Gasteiger partial charge in [-0.3, -0.25) is 10.2 Å². The van der Waals surface area contributed by atoms with Gasteiger partial charge < -0.3 is 24.3 Å². The summed E-state index contributed by atoms with van der Waals surface area (Å²) in [5.74, 6) is 0.0521. The van der Waals surface area contributed by atoms with Gasteiger partial charge in [-0.05, 0) is 47.5 Å². The minimum atomic E-state index is -4.91. The maximum absolute atomic E-state index is 13.0. The molecular weight excluding hydrogens is 733 g/mol. The number of azo groups is 1. The fraction of sp³-hybridized carbons (Fsp3) is 0.0588. The number of nitrogen functional groups attached to an aromatic ring is 1. The molecule has 0 unspecified atom stereocenters. The van der Waals surface area contributed by atoms with Crippen LogP contribution in [0.1, 0.15) is 15.9 Å². The second kappa shape index (κ2) is 16.4. The summed E-state index contributed by atoms with van der Waals surface area (Å²) in [5.41, 5.74) is 10.8. The molecule has 1 aliphatic rings. The quantitative estimate of drug-likeness (QED) is 0.0668. The number of nitrogens with one attached hydrogen (secondary N) is 1. The molecule has 0 saturated heterocycles. The van der Waals surface area contributed by atoms with Crippen LogP contribution in [0.3, 0.4) is 0 Å². The van der Waals surface area contributed by atoms with Crippen molar-refractivity contribution < 1.29 is 99.3 Å². The van der Waals surface area contributed by atoms with Gasteiger partial charge in [0.25, 0.3) is 0 Å². The first kappa shape index (κ1) is 40.8. The van der Waals surface area contributed by atoms with Crippen LogP contribution in [0.5, 0.6) is 11.5 Å². The first-order chi connectivity index (χ1) is 23.8. The van der Waals surface area contributed by atoms with E-state index >= 15 is 0 Å². The van der Waals surface area contributed by atoms with Crippen molar-refractivity contribution in [3.8, 4) is 22.6 Å². The molecule has 0 fully saturated rings. The Balaban J connectivity index is 0.00000302. The molecule has 0 spiro atoms. The van der Waals surface area contributed by atoms with Gasteiger partial charge >= 0.3 is 59.1 Å². The molecule has 52 heavy (non-hydrogen) atoms. The molecular formula is C34H25N5Na2O9S2. The van der Waals surface area contributed by atoms with Crippen LogP contribution in [-0.4, -0.2) is 51.7 Å². The standard InChI is InChI=1S/C34H27N5O9S2.2Na/c1-47-29-15-19(11-13-25(29)36-38-27-17-31(49(41,42)43)21-7-3-5-9-23(21)33(27)35)20-12-14-26(30(16-20)48-2)37-39-28-18-32(50(44,45)46)22-8-4-6-10-24(22)34(28)40;;/h3-18,37H,35H2,1-2H3,(H,41,42,43)(H,44,45,46);;/q;2*+1/p-2. The molecule has 14 nitrogen and oxygen atoms in total. The minimum Gasteiger partial charge on any atom is -0.744 e. The second-order valence-corrected chi connectivity index (χ2v) is 13.5. The molecule has 1 aliphatic carbocycles. The minimum absolute atomic E-state index is 0. The fourth-order valence-corrected chi connectivity index (χ4v) is 6.77. The van der Waals surface area contributed by atoms with Crippen molar-refractivity contribution in [2.45, 2.75) is 4.90 Å². The van der Waals surface area contributed by atoms with E-state index in [2.05, 4.69) is 20.8 Å². The number of rotatable bonds is 9. The Morgan fingerprint density at radius 1 is 0.692 bits per heavy atom. The molecule has 0 aromatic heterocycles. The van der Waals surface area contributed by atoms with Gasteiger partial charge in [0.05, 0.1) is 35.4 Å². The number of anilines is 2. The third kappa shape index (κ3) is 8.31. The predicted octanol–water partition coefficient (Wildman–Crippen LogP) is -0.0158. The van der Waals surface area contributed by atoms with Gasteiger partial charge in [-0.1, -0.05) is 60.7 Å². The number of allylic oxidation sites excluding steroid dienone is 1. The van der Waals surface area contributed by atoms with E-state index in [1.54, 1.807) is 60.7 Å². The molecule has 0 amide bonds. The number of Topliss-reactive ketones (excluding diaryl/α,β-unsaturated/α-hetero) is 1. The van der Waals surface area contributed by atoms with Crippen molar-refractivity contribution in [2.24, 2.45) is 15.3 Å². The molecule has 254 valence electrons. The van der Waals surface area contributed by atoms with E-state index in [1.807, 2.05) is 0 Å². The summed E-state index contributed by atoms with van der Waals surface area (Å²) < 4.78 is 82.8. The molecule has 0 saturated carbocycles. The second-order valence-electron chi connectivity index (χ2n) is 10.8. The Hall–Kier alpha value is -3.94. The number of methoxy groups -OCH3 is 2. The van der Waals surface area contributed by atoms with Crippen LogP contribution in [0.2, 0.25) is 0 Å². The molecule has 6 rings (SSSR count). The van der Waals surface area contributed by atoms with Crippen molar-refractivity contribution in [3.63, 3.8) is 0 Å². The number of carbonyl (C=O) groups excluding carboxylic acids is 1. The Morgan fingerprint density at radius 2 is 1.27 bits per heavy atom. The number of fused-ring (bicyclic) bond motifs is 2. The number of ether oxygens (including phenoxy) is 2. The summed E-state index contributed by atoms with van der Waals surface area (Å²) >= 11 is 0. The number of hydrazone groups is 1. The third-order valence-corrected chi connectivity index (χ3v) is 9.53.